The van der Waals surface area contributed by atoms with Gasteiger partial charge in [-0.05, 0) is 65.1 Å². The second-order valence-electron chi connectivity index (χ2n) is 6.95. The van der Waals surface area contributed by atoms with Gasteiger partial charge in [0.2, 0.25) is 0 Å². The van der Waals surface area contributed by atoms with E-state index in [9.17, 15) is 10.1 Å². The second kappa shape index (κ2) is 7.69. The molecule has 0 fully saturated rings. The lowest BCUT2D eigenvalue weighted by atomic mass is 9.94. The maximum Gasteiger partial charge on any atom is 0.272 e. The van der Waals surface area contributed by atoms with Crippen molar-refractivity contribution in [1.29, 1.82) is 0 Å². The molecule has 0 spiro atoms. The highest BCUT2D eigenvalue weighted by atomic mass is 16.6. The van der Waals surface area contributed by atoms with Gasteiger partial charge in [0.15, 0.2) is 0 Å². The minimum atomic E-state index is -0.370. The van der Waals surface area contributed by atoms with Crippen LogP contribution in [-0.2, 0) is 6.42 Å². The summed E-state index contributed by atoms with van der Waals surface area (Å²) in [6.45, 7) is 2.29. The average Bonchev–Trinajstić information content (AvgIpc) is 2.70. The summed E-state index contributed by atoms with van der Waals surface area (Å²) in [4.78, 5) is 10.6. The summed E-state index contributed by atoms with van der Waals surface area (Å²) in [6.07, 6.45) is 1.78. The molecule has 0 unspecified atom stereocenters. The van der Waals surface area contributed by atoms with E-state index in [0.29, 0.717) is 17.9 Å². The molecule has 140 valence electrons. The van der Waals surface area contributed by atoms with E-state index in [1.54, 1.807) is 19.1 Å². The lowest BCUT2D eigenvalue weighted by molar-refractivity contribution is -0.385. The Bertz CT molecular complexity index is 1110. The van der Waals surface area contributed by atoms with Crippen molar-refractivity contribution in [2.75, 3.05) is 6.61 Å². The van der Waals surface area contributed by atoms with Gasteiger partial charge >= 0.3 is 0 Å². The number of benzene rings is 4. The fourth-order valence-corrected chi connectivity index (χ4v) is 3.74. The molecule has 4 aromatic rings. The molecule has 4 rings (SSSR count). The molecule has 4 nitrogen and oxygen atoms in total. The molecular weight excluding hydrogens is 350 g/mol. The van der Waals surface area contributed by atoms with E-state index in [-0.39, 0.29) is 10.6 Å². The maximum absolute atomic E-state index is 10.9. The Morgan fingerprint density at radius 3 is 2.14 bits per heavy atom. The smallest absolute Gasteiger partial charge is 0.272 e. The normalized spacial score (nSPS) is 11.0. The van der Waals surface area contributed by atoms with Gasteiger partial charge in [-0.1, -0.05) is 48.5 Å². The Morgan fingerprint density at radius 1 is 0.893 bits per heavy atom. The summed E-state index contributed by atoms with van der Waals surface area (Å²) < 4.78 is 5.84. The van der Waals surface area contributed by atoms with Crippen molar-refractivity contribution in [3.8, 4) is 5.75 Å². The maximum atomic E-state index is 10.9. The summed E-state index contributed by atoms with van der Waals surface area (Å²) in [6, 6.07) is 24.1. The van der Waals surface area contributed by atoms with Crippen molar-refractivity contribution in [3.05, 3.63) is 94.0 Å². The first kappa shape index (κ1) is 18.0. The highest BCUT2D eigenvalue weighted by Gasteiger charge is 2.11. The number of hydrogen-bond donors (Lipinski definition) is 0. The number of nitro groups is 1. The van der Waals surface area contributed by atoms with Crippen LogP contribution in [-0.4, -0.2) is 11.5 Å². The van der Waals surface area contributed by atoms with Crippen LogP contribution in [0.5, 0.6) is 5.75 Å². The highest BCUT2D eigenvalue weighted by Crippen LogP contribution is 2.29. The van der Waals surface area contributed by atoms with Crippen LogP contribution in [0.1, 0.15) is 17.5 Å². The van der Waals surface area contributed by atoms with Crippen LogP contribution < -0.4 is 4.74 Å². The zero-order valence-electron chi connectivity index (χ0n) is 15.7. The summed E-state index contributed by atoms with van der Waals surface area (Å²) in [5, 5.41) is 16.0. The molecule has 28 heavy (non-hydrogen) atoms. The Morgan fingerprint density at radius 2 is 1.54 bits per heavy atom. The minimum absolute atomic E-state index is 0.120. The third-order valence-corrected chi connectivity index (χ3v) is 5.09. The Hall–Kier alpha value is -3.40. The van der Waals surface area contributed by atoms with E-state index in [2.05, 4.69) is 54.6 Å². The molecule has 4 heteroatoms. The number of rotatable bonds is 6. The van der Waals surface area contributed by atoms with Crippen LogP contribution in [0.4, 0.5) is 5.69 Å². The first-order valence-electron chi connectivity index (χ1n) is 9.41. The molecule has 0 aromatic heterocycles. The van der Waals surface area contributed by atoms with Gasteiger partial charge in [0, 0.05) is 11.6 Å². The van der Waals surface area contributed by atoms with Crippen LogP contribution in [0.15, 0.2) is 72.8 Å². The van der Waals surface area contributed by atoms with Crippen LogP contribution in [0.2, 0.25) is 0 Å². The first-order valence-corrected chi connectivity index (χ1v) is 9.41. The number of fused-ring (bicyclic) bond motifs is 2. The third kappa shape index (κ3) is 3.54. The number of ether oxygens (including phenoxy) is 1. The van der Waals surface area contributed by atoms with Gasteiger partial charge < -0.3 is 4.74 Å². The molecule has 0 aliphatic heterocycles. The van der Waals surface area contributed by atoms with Crippen molar-refractivity contribution >= 4 is 27.2 Å². The van der Waals surface area contributed by atoms with Gasteiger partial charge in [0.1, 0.15) is 5.75 Å². The standard InChI is InChI=1S/C24H21NO3/c1-17-15-20(12-13-24(17)25(26)27)28-14-6-11-23-21-9-4-2-7-18(21)16-19-8-3-5-10-22(19)23/h2-5,7-10,12-13,15-16H,6,11,14H2,1H3. The molecule has 0 heterocycles. The van der Waals surface area contributed by atoms with Gasteiger partial charge in [-0.15, -0.1) is 0 Å². The van der Waals surface area contributed by atoms with Gasteiger partial charge in [-0.3, -0.25) is 10.1 Å². The largest absolute Gasteiger partial charge is 0.494 e. The molecule has 0 aliphatic rings. The molecule has 0 radical (unpaired) electrons. The van der Waals surface area contributed by atoms with Gasteiger partial charge in [0.05, 0.1) is 11.5 Å². The van der Waals surface area contributed by atoms with Crippen LogP contribution in [0, 0.1) is 17.0 Å². The highest BCUT2D eigenvalue weighted by molar-refractivity contribution is 6.02. The van der Waals surface area contributed by atoms with E-state index in [4.69, 9.17) is 4.74 Å². The topological polar surface area (TPSA) is 52.4 Å². The van der Waals surface area contributed by atoms with Gasteiger partial charge in [-0.25, -0.2) is 0 Å². The van der Waals surface area contributed by atoms with Gasteiger partial charge in [-0.2, -0.15) is 0 Å². The van der Waals surface area contributed by atoms with E-state index < -0.39 is 0 Å². The van der Waals surface area contributed by atoms with Crippen molar-refractivity contribution in [3.63, 3.8) is 0 Å². The van der Waals surface area contributed by atoms with E-state index in [1.165, 1.54) is 33.2 Å². The van der Waals surface area contributed by atoms with E-state index in [1.807, 2.05) is 0 Å². The summed E-state index contributed by atoms with van der Waals surface area (Å²) >= 11 is 0. The fraction of sp³-hybridized carbons (Fsp3) is 0.167. The molecule has 4 aromatic carbocycles. The van der Waals surface area contributed by atoms with E-state index >= 15 is 0 Å². The molecule has 0 aliphatic carbocycles. The first-order chi connectivity index (χ1) is 13.6. The Labute approximate surface area is 163 Å². The molecular formula is C24H21NO3. The summed E-state index contributed by atoms with van der Waals surface area (Å²) in [5.74, 6) is 0.672. The lowest BCUT2D eigenvalue weighted by Gasteiger charge is -2.12. The third-order valence-electron chi connectivity index (χ3n) is 5.09. The summed E-state index contributed by atoms with van der Waals surface area (Å²) in [5.41, 5.74) is 2.08. The second-order valence-corrected chi connectivity index (χ2v) is 6.95. The molecule has 0 atom stereocenters. The van der Waals surface area contributed by atoms with Crippen molar-refractivity contribution in [1.82, 2.24) is 0 Å². The predicted molar refractivity (Wildman–Crippen MR) is 113 cm³/mol. The van der Waals surface area contributed by atoms with Crippen LogP contribution in [0.25, 0.3) is 21.5 Å². The monoisotopic (exact) mass is 371 g/mol. The predicted octanol–water partition coefficient (Wildman–Crippen LogP) is 6.22. The molecule has 0 saturated heterocycles. The van der Waals surface area contributed by atoms with Crippen molar-refractivity contribution in [2.45, 2.75) is 19.8 Å². The molecule has 0 bridgehead atoms. The minimum Gasteiger partial charge on any atom is -0.494 e. The number of hydrogen-bond acceptors (Lipinski definition) is 3. The van der Waals surface area contributed by atoms with E-state index in [0.717, 1.165) is 12.8 Å². The number of aryl methyl sites for hydroxylation is 2. The van der Waals surface area contributed by atoms with Gasteiger partial charge in [0.25, 0.3) is 5.69 Å². The number of nitrogens with zero attached hydrogens (tertiary/aromatic N) is 1. The molecule has 0 N–H and O–H groups in total. The quantitative estimate of drug-likeness (QED) is 0.175. The molecule has 0 saturated carbocycles. The Balaban J connectivity index is 1.51. The van der Waals surface area contributed by atoms with Crippen molar-refractivity contribution in [2.24, 2.45) is 0 Å². The Kier molecular flexibility index (Phi) is 4.94. The average molecular weight is 371 g/mol. The molecule has 0 amide bonds. The summed E-state index contributed by atoms with van der Waals surface area (Å²) in [7, 11) is 0. The van der Waals surface area contributed by atoms with Crippen molar-refractivity contribution < 1.29 is 9.66 Å². The van der Waals surface area contributed by atoms with Crippen LogP contribution in [0.3, 0.4) is 0 Å². The fourth-order valence-electron chi connectivity index (χ4n) is 3.74. The number of nitro benzene ring substituents is 1. The lowest BCUT2D eigenvalue weighted by Crippen LogP contribution is -2.01. The SMILES string of the molecule is Cc1cc(OCCCc2c3ccccc3cc3ccccc23)ccc1[N+](=O)[O-]. The zero-order chi connectivity index (χ0) is 19.5. The van der Waals surface area contributed by atoms with Crippen LogP contribution >= 0.6 is 0 Å². The zero-order valence-corrected chi connectivity index (χ0v) is 15.7.